The summed E-state index contributed by atoms with van der Waals surface area (Å²) in [5, 5.41) is 8.97. The maximum absolute atomic E-state index is 8.97. The van der Waals surface area contributed by atoms with Crippen LogP contribution in [-0.4, -0.2) is 13.1 Å². The summed E-state index contributed by atoms with van der Waals surface area (Å²) >= 11 is 3.47. The van der Waals surface area contributed by atoms with E-state index in [2.05, 4.69) is 57.2 Å². The van der Waals surface area contributed by atoms with Gasteiger partial charge in [0.1, 0.15) is 6.07 Å². The van der Waals surface area contributed by atoms with Crippen molar-refractivity contribution in [1.29, 1.82) is 5.26 Å². The summed E-state index contributed by atoms with van der Waals surface area (Å²) in [6.45, 7) is 2.11. The Kier molecular flexibility index (Phi) is 3.75. The van der Waals surface area contributed by atoms with Gasteiger partial charge in [0, 0.05) is 29.2 Å². The van der Waals surface area contributed by atoms with E-state index in [-0.39, 0.29) is 0 Å². The molecule has 20 heavy (non-hydrogen) atoms. The van der Waals surface area contributed by atoms with Crippen molar-refractivity contribution in [2.75, 3.05) is 18.0 Å². The molecule has 2 nitrogen and oxygen atoms in total. The van der Waals surface area contributed by atoms with Gasteiger partial charge in [0.05, 0.1) is 5.56 Å². The number of hydrogen-bond acceptors (Lipinski definition) is 2. The largest absolute Gasteiger partial charge is 0.371 e. The number of hydrogen-bond donors (Lipinski definition) is 0. The third-order valence-electron chi connectivity index (χ3n) is 3.90. The highest BCUT2D eigenvalue weighted by atomic mass is 79.9. The number of halogens is 1. The quantitative estimate of drug-likeness (QED) is 0.822. The number of nitriles is 1. The van der Waals surface area contributed by atoms with E-state index in [1.54, 1.807) is 0 Å². The predicted molar refractivity (Wildman–Crippen MR) is 84.9 cm³/mol. The van der Waals surface area contributed by atoms with E-state index in [1.165, 1.54) is 17.7 Å². The minimum atomic E-state index is 0.602. The normalized spacial score (nSPS) is 18.0. The zero-order chi connectivity index (χ0) is 13.9. The molecule has 0 spiro atoms. The zero-order valence-corrected chi connectivity index (χ0v) is 12.7. The van der Waals surface area contributed by atoms with Gasteiger partial charge in [-0.3, -0.25) is 0 Å². The van der Waals surface area contributed by atoms with Gasteiger partial charge in [0.25, 0.3) is 0 Å². The Morgan fingerprint density at radius 2 is 1.95 bits per heavy atom. The highest BCUT2D eigenvalue weighted by Crippen LogP contribution is 2.32. The van der Waals surface area contributed by atoms with Crippen molar-refractivity contribution >= 4 is 21.6 Å². The molecule has 1 saturated heterocycles. The van der Waals surface area contributed by atoms with Gasteiger partial charge >= 0.3 is 0 Å². The maximum Gasteiger partial charge on any atom is 0.100 e. The molecule has 100 valence electrons. The van der Waals surface area contributed by atoms with Gasteiger partial charge in [-0.1, -0.05) is 30.3 Å². The molecular weight excluding hydrogens is 312 g/mol. The summed E-state index contributed by atoms with van der Waals surface area (Å²) in [5.74, 6) is 0.602. The van der Waals surface area contributed by atoms with Gasteiger partial charge in [-0.05, 0) is 46.1 Å². The topological polar surface area (TPSA) is 27.0 Å². The third kappa shape index (κ3) is 2.57. The molecule has 1 aliphatic rings. The standard InChI is InChI=1S/C17H15BrN2/c18-17-10-16(7-6-14(17)11-19)20-9-8-15(12-20)13-4-2-1-3-5-13/h1-7,10,15H,8-9,12H2. The van der Waals surface area contributed by atoms with Crippen molar-refractivity contribution in [3.8, 4) is 6.07 Å². The smallest absolute Gasteiger partial charge is 0.100 e. The Hall–Kier alpha value is -1.79. The lowest BCUT2D eigenvalue weighted by atomic mass is 9.99. The minimum absolute atomic E-state index is 0.602. The van der Waals surface area contributed by atoms with E-state index in [0.717, 1.165) is 17.6 Å². The van der Waals surface area contributed by atoms with Crippen LogP contribution in [-0.2, 0) is 0 Å². The van der Waals surface area contributed by atoms with Gasteiger partial charge in [-0.2, -0.15) is 5.26 Å². The fraction of sp³-hybridized carbons (Fsp3) is 0.235. The molecule has 0 amide bonds. The van der Waals surface area contributed by atoms with Crippen molar-refractivity contribution in [2.45, 2.75) is 12.3 Å². The van der Waals surface area contributed by atoms with E-state index >= 15 is 0 Å². The highest BCUT2D eigenvalue weighted by Gasteiger charge is 2.24. The summed E-state index contributed by atoms with van der Waals surface area (Å²) < 4.78 is 0.876. The van der Waals surface area contributed by atoms with E-state index in [1.807, 2.05) is 18.2 Å². The van der Waals surface area contributed by atoms with Crippen LogP contribution in [0.3, 0.4) is 0 Å². The van der Waals surface area contributed by atoms with Gasteiger partial charge in [-0.25, -0.2) is 0 Å². The summed E-state index contributed by atoms with van der Waals surface area (Å²) in [5.41, 5.74) is 3.30. The molecule has 2 aromatic carbocycles. The third-order valence-corrected chi connectivity index (χ3v) is 4.55. The average molecular weight is 327 g/mol. The molecule has 0 radical (unpaired) electrons. The predicted octanol–water partition coefficient (Wildman–Crippen LogP) is 4.31. The van der Waals surface area contributed by atoms with Crippen LogP contribution >= 0.6 is 15.9 Å². The van der Waals surface area contributed by atoms with Gasteiger partial charge in [0.15, 0.2) is 0 Å². The molecule has 0 N–H and O–H groups in total. The first-order valence-electron chi connectivity index (χ1n) is 6.77. The molecule has 0 aromatic heterocycles. The number of nitrogens with zero attached hydrogens (tertiary/aromatic N) is 2. The van der Waals surface area contributed by atoms with Crippen LogP contribution in [0.5, 0.6) is 0 Å². The molecule has 0 aliphatic carbocycles. The fourth-order valence-corrected chi connectivity index (χ4v) is 3.24. The maximum atomic E-state index is 8.97. The monoisotopic (exact) mass is 326 g/mol. The van der Waals surface area contributed by atoms with Crippen LogP contribution in [0.1, 0.15) is 23.5 Å². The van der Waals surface area contributed by atoms with Crippen molar-refractivity contribution in [3.63, 3.8) is 0 Å². The summed E-state index contributed by atoms with van der Waals surface area (Å²) in [6.07, 6.45) is 1.18. The Bertz CT molecular complexity index is 646. The van der Waals surface area contributed by atoms with Crippen LogP contribution < -0.4 is 4.90 Å². The lowest BCUT2D eigenvalue weighted by molar-refractivity contribution is 0.775. The van der Waals surface area contributed by atoms with Crippen molar-refractivity contribution < 1.29 is 0 Å². The summed E-state index contributed by atoms with van der Waals surface area (Å²) in [7, 11) is 0. The van der Waals surface area contributed by atoms with Crippen molar-refractivity contribution in [3.05, 3.63) is 64.1 Å². The van der Waals surface area contributed by atoms with Crippen LogP contribution in [0.4, 0.5) is 5.69 Å². The Morgan fingerprint density at radius 3 is 2.65 bits per heavy atom. The first kappa shape index (κ1) is 13.2. The van der Waals surface area contributed by atoms with Crippen LogP contribution in [0.2, 0.25) is 0 Å². The number of benzene rings is 2. The summed E-state index contributed by atoms with van der Waals surface area (Å²) in [6, 6.07) is 18.9. The molecule has 3 heteroatoms. The lowest BCUT2D eigenvalue weighted by Crippen LogP contribution is -2.19. The molecule has 1 heterocycles. The minimum Gasteiger partial charge on any atom is -0.371 e. The number of anilines is 1. The Morgan fingerprint density at radius 1 is 1.15 bits per heavy atom. The van der Waals surface area contributed by atoms with E-state index in [4.69, 9.17) is 5.26 Å². The fourth-order valence-electron chi connectivity index (χ4n) is 2.78. The molecule has 1 fully saturated rings. The second-order valence-electron chi connectivity index (χ2n) is 5.12. The van der Waals surface area contributed by atoms with Gasteiger partial charge < -0.3 is 4.90 Å². The first-order chi connectivity index (χ1) is 9.78. The molecule has 1 unspecified atom stereocenters. The zero-order valence-electron chi connectivity index (χ0n) is 11.1. The van der Waals surface area contributed by atoms with E-state index in [0.29, 0.717) is 11.5 Å². The van der Waals surface area contributed by atoms with Crippen molar-refractivity contribution in [2.24, 2.45) is 0 Å². The van der Waals surface area contributed by atoms with Crippen LogP contribution in [0, 0.1) is 11.3 Å². The Labute approximate surface area is 127 Å². The second-order valence-corrected chi connectivity index (χ2v) is 5.97. The van der Waals surface area contributed by atoms with E-state index in [9.17, 15) is 0 Å². The molecule has 0 saturated carbocycles. The van der Waals surface area contributed by atoms with Crippen molar-refractivity contribution in [1.82, 2.24) is 0 Å². The lowest BCUT2D eigenvalue weighted by Gasteiger charge is -2.19. The SMILES string of the molecule is N#Cc1ccc(N2CCC(c3ccccc3)C2)cc1Br. The molecule has 1 atom stereocenters. The van der Waals surface area contributed by atoms with Crippen LogP contribution in [0.25, 0.3) is 0 Å². The first-order valence-corrected chi connectivity index (χ1v) is 7.57. The Balaban J connectivity index is 1.78. The molecule has 1 aliphatic heterocycles. The number of rotatable bonds is 2. The van der Waals surface area contributed by atoms with E-state index < -0.39 is 0 Å². The highest BCUT2D eigenvalue weighted by molar-refractivity contribution is 9.10. The summed E-state index contributed by atoms with van der Waals surface area (Å²) in [4.78, 5) is 2.39. The average Bonchev–Trinajstić information content (AvgIpc) is 2.98. The van der Waals surface area contributed by atoms with Gasteiger partial charge in [-0.15, -0.1) is 0 Å². The molecular formula is C17H15BrN2. The molecule has 0 bridgehead atoms. The molecule has 2 aromatic rings. The second kappa shape index (κ2) is 5.68. The van der Waals surface area contributed by atoms with Gasteiger partial charge in [0.2, 0.25) is 0 Å². The molecule has 3 rings (SSSR count). The van der Waals surface area contributed by atoms with Crippen LogP contribution in [0.15, 0.2) is 53.0 Å².